The second kappa shape index (κ2) is 9.38. The highest BCUT2D eigenvalue weighted by atomic mass is 16.6. The van der Waals surface area contributed by atoms with Crippen molar-refractivity contribution in [3.05, 3.63) is 53.7 Å². The van der Waals surface area contributed by atoms with E-state index in [1.165, 1.54) is 7.11 Å². The van der Waals surface area contributed by atoms with Crippen molar-refractivity contribution < 1.29 is 24.1 Å². The van der Waals surface area contributed by atoms with Crippen LogP contribution in [0.25, 0.3) is 0 Å². The number of alkyl carbamates (subject to hydrolysis) is 1. The van der Waals surface area contributed by atoms with Gasteiger partial charge in [-0.2, -0.15) is 0 Å². The van der Waals surface area contributed by atoms with Crippen LogP contribution in [0.3, 0.4) is 0 Å². The summed E-state index contributed by atoms with van der Waals surface area (Å²) < 4.78 is 15.7. The summed E-state index contributed by atoms with van der Waals surface area (Å²) in [6.45, 7) is 0.650. The fourth-order valence-electron chi connectivity index (χ4n) is 3.15. The topological polar surface area (TPSA) is 102 Å². The first-order valence-corrected chi connectivity index (χ1v) is 9.07. The number of pyridine rings is 1. The van der Waals surface area contributed by atoms with Crippen molar-refractivity contribution in [1.29, 1.82) is 0 Å². The molecule has 3 rings (SSSR count). The molecule has 1 aliphatic heterocycles. The van der Waals surface area contributed by atoms with E-state index in [9.17, 15) is 9.90 Å². The molecule has 1 aliphatic rings. The smallest absolute Gasteiger partial charge is 0.407 e. The highest BCUT2D eigenvalue weighted by Crippen LogP contribution is 2.19. The molecule has 0 spiro atoms. The predicted molar refractivity (Wildman–Crippen MR) is 102 cm³/mol. The van der Waals surface area contributed by atoms with Gasteiger partial charge in [0.2, 0.25) is 5.88 Å². The van der Waals surface area contributed by atoms with Crippen LogP contribution in [0.5, 0.6) is 11.6 Å². The van der Waals surface area contributed by atoms with Crippen molar-refractivity contribution in [3.63, 3.8) is 0 Å². The summed E-state index contributed by atoms with van der Waals surface area (Å²) in [6.07, 6.45) is 0.268. The zero-order valence-electron chi connectivity index (χ0n) is 15.9. The molecule has 1 amide bonds. The van der Waals surface area contributed by atoms with Crippen LogP contribution in [0.4, 0.5) is 4.79 Å². The Balaban J connectivity index is 1.54. The van der Waals surface area contributed by atoms with E-state index in [-0.39, 0.29) is 12.6 Å². The molecule has 150 valence electrons. The third kappa shape index (κ3) is 5.11. The van der Waals surface area contributed by atoms with Gasteiger partial charge in [0, 0.05) is 25.4 Å². The summed E-state index contributed by atoms with van der Waals surface area (Å²) in [5.74, 6) is 1.26. The zero-order chi connectivity index (χ0) is 19.9. The minimum atomic E-state index is -0.755. The molecule has 0 unspecified atom stereocenters. The van der Waals surface area contributed by atoms with Gasteiger partial charge < -0.3 is 30.0 Å². The molecule has 2 heterocycles. The van der Waals surface area contributed by atoms with E-state index in [1.54, 1.807) is 25.4 Å². The number of carbonyl (C=O) groups excluding carboxylic acids is 1. The molecular weight excluding hydrogens is 362 g/mol. The Morgan fingerprint density at radius 1 is 1.21 bits per heavy atom. The number of β-amino-alcohol motifs (C(OH)–C–C–N with tert-alkyl or cyclic N) is 1. The van der Waals surface area contributed by atoms with Crippen molar-refractivity contribution in [1.82, 2.24) is 15.6 Å². The number of aliphatic hydroxyl groups excluding tert-OH is 1. The molecule has 28 heavy (non-hydrogen) atoms. The molecule has 0 bridgehead atoms. The Morgan fingerprint density at radius 3 is 2.71 bits per heavy atom. The molecule has 3 N–H and O–H groups in total. The lowest BCUT2D eigenvalue weighted by atomic mass is 10.0. The standard InChI is InChI=1S/C20H25N3O5/c1-26-15-5-3-13(4-6-15)9-16-19(17(24)12-22-16)28-20(25)23-11-14-7-8-21-18(10-14)27-2/h3-8,10,16-17,19,22,24H,9,11-12H2,1-2H3,(H,23,25)/t16-,17+,19+/m1/s1. The van der Waals surface area contributed by atoms with E-state index in [0.29, 0.717) is 18.8 Å². The monoisotopic (exact) mass is 387 g/mol. The molecular formula is C20H25N3O5. The lowest BCUT2D eigenvalue weighted by Gasteiger charge is -2.22. The summed E-state index contributed by atoms with van der Waals surface area (Å²) in [5, 5.41) is 16.1. The molecule has 1 saturated heterocycles. The second-order valence-electron chi connectivity index (χ2n) is 6.56. The molecule has 1 aromatic carbocycles. The van der Waals surface area contributed by atoms with E-state index in [0.717, 1.165) is 16.9 Å². The summed E-state index contributed by atoms with van der Waals surface area (Å²) >= 11 is 0. The maximum absolute atomic E-state index is 12.2. The summed E-state index contributed by atoms with van der Waals surface area (Å²) in [7, 11) is 3.15. The van der Waals surface area contributed by atoms with Crippen LogP contribution < -0.4 is 20.1 Å². The SMILES string of the molecule is COc1ccc(C[C@H]2NC[C@H](O)[C@H]2OC(=O)NCc2ccnc(OC)c2)cc1. The number of aliphatic hydroxyl groups is 1. The lowest BCUT2D eigenvalue weighted by molar-refractivity contribution is 0.0188. The first-order chi connectivity index (χ1) is 13.6. The average molecular weight is 387 g/mol. The van der Waals surface area contributed by atoms with Crippen LogP contribution in [0.15, 0.2) is 42.6 Å². The molecule has 2 aromatic rings. The predicted octanol–water partition coefficient (Wildman–Crippen LogP) is 1.27. The van der Waals surface area contributed by atoms with Crippen molar-refractivity contribution in [2.45, 2.75) is 31.2 Å². The Morgan fingerprint density at radius 2 is 2.00 bits per heavy atom. The number of carbonyl (C=O) groups is 1. The minimum Gasteiger partial charge on any atom is -0.497 e. The fraction of sp³-hybridized carbons (Fsp3) is 0.400. The van der Waals surface area contributed by atoms with Crippen LogP contribution >= 0.6 is 0 Å². The van der Waals surface area contributed by atoms with E-state index in [4.69, 9.17) is 14.2 Å². The van der Waals surface area contributed by atoms with E-state index in [1.807, 2.05) is 24.3 Å². The van der Waals surface area contributed by atoms with Crippen LogP contribution in [-0.4, -0.2) is 55.2 Å². The van der Waals surface area contributed by atoms with E-state index < -0.39 is 18.3 Å². The molecule has 8 heteroatoms. The van der Waals surface area contributed by atoms with Crippen molar-refractivity contribution in [3.8, 4) is 11.6 Å². The third-order valence-corrected chi connectivity index (χ3v) is 4.67. The lowest BCUT2D eigenvalue weighted by Crippen LogP contribution is -2.41. The number of amides is 1. The van der Waals surface area contributed by atoms with Gasteiger partial charge in [-0.1, -0.05) is 12.1 Å². The number of rotatable bonds is 7. The molecule has 1 fully saturated rings. The maximum Gasteiger partial charge on any atom is 0.407 e. The zero-order valence-corrected chi connectivity index (χ0v) is 15.9. The van der Waals surface area contributed by atoms with E-state index in [2.05, 4.69) is 15.6 Å². The maximum atomic E-state index is 12.2. The van der Waals surface area contributed by atoms with Gasteiger partial charge in [0.1, 0.15) is 18.0 Å². The first-order valence-electron chi connectivity index (χ1n) is 9.07. The molecule has 0 radical (unpaired) electrons. The molecule has 1 aromatic heterocycles. The normalized spacial score (nSPS) is 21.2. The number of benzene rings is 1. The van der Waals surface area contributed by atoms with Crippen molar-refractivity contribution in [2.75, 3.05) is 20.8 Å². The Bertz CT molecular complexity index is 784. The van der Waals surface area contributed by atoms with Gasteiger partial charge in [-0.15, -0.1) is 0 Å². The number of hydrogen-bond acceptors (Lipinski definition) is 7. The van der Waals surface area contributed by atoms with Gasteiger partial charge in [-0.05, 0) is 35.7 Å². The van der Waals surface area contributed by atoms with Crippen LogP contribution in [-0.2, 0) is 17.7 Å². The Labute approximate surface area is 163 Å². The van der Waals surface area contributed by atoms with Crippen molar-refractivity contribution >= 4 is 6.09 Å². The number of hydrogen-bond donors (Lipinski definition) is 3. The fourth-order valence-corrected chi connectivity index (χ4v) is 3.15. The molecule has 8 nitrogen and oxygen atoms in total. The van der Waals surface area contributed by atoms with Crippen LogP contribution in [0, 0.1) is 0 Å². The average Bonchev–Trinajstić information content (AvgIpc) is 3.06. The summed E-state index contributed by atoms with van der Waals surface area (Å²) in [6, 6.07) is 11.0. The largest absolute Gasteiger partial charge is 0.497 e. The number of aromatic nitrogens is 1. The van der Waals surface area contributed by atoms with E-state index >= 15 is 0 Å². The van der Waals surface area contributed by atoms with Crippen LogP contribution in [0.2, 0.25) is 0 Å². The minimum absolute atomic E-state index is 0.171. The van der Waals surface area contributed by atoms with Gasteiger partial charge in [-0.3, -0.25) is 0 Å². The van der Waals surface area contributed by atoms with Gasteiger partial charge in [0.25, 0.3) is 0 Å². The number of nitrogens with zero attached hydrogens (tertiary/aromatic N) is 1. The number of ether oxygens (including phenoxy) is 3. The van der Waals surface area contributed by atoms with Gasteiger partial charge >= 0.3 is 6.09 Å². The summed E-state index contributed by atoms with van der Waals surface area (Å²) in [4.78, 5) is 16.2. The van der Waals surface area contributed by atoms with Gasteiger partial charge in [-0.25, -0.2) is 9.78 Å². The van der Waals surface area contributed by atoms with Crippen molar-refractivity contribution in [2.24, 2.45) is 0 Å². The van der Waals surface area contributed by atoms with Gasteiger partial charge in [0.05, 0.1) is 20.3 Å². The summed E-state index contributed by atoms with van der Waals surface area (Å²) in [5.41, 5.74) is 1.90. The number of methoxy groups -OCH3 is 2. The van der Waals surface area contributed by atoms with Crippen LogP contribution in [0.1, 0.15) is 11.1 Å². The quantitative estimate of drug-likeness (QED) is 0.658. The highest BCUT2D eigenvalue weighted by Gasteiger charge is 2.37. The number of nitrogens with one attached hydrogen (secondary N) is 2. The Kier molecular flexibility index (Phi) is 6.67. The first kappa shape index (κ1) is 19.9. The molecule has 3 atom stereocenters. The molecule has 0 aliphatic carbocycles. The molecule has 0 saturated carbocycles. The van der Waals surface area contributed by atoms with Gasteiger partial charge in [0.15, 0.2) is 0 Å². The third-order valence-electron chi connectivity index (χ3n) is 4.67. The Hall–Kier alpha value is -2.84. The second-order valence-corrected chi connectivity index (χ2v) is 6.56. The highest BCUT2D eigenvalue weighted by molar-refractivity contribution is 5.67.